The molecular weight excluding hydrogens is 296 g/mol. The van der Waals surface area contributed by atoms with Crippen LogP contribution in [0.15, 0.2) is 18.2 Å². The first kappa shape index (κ1) is 16.9. The predicted octanol–water partition coefficient (Wildman–Crippen LogP) is 2.54. The lowest BCUT2D eigenvalue weighted by Crippen LogP contribution is -2.28. The van der Waals surface area contributed by atoms with Gasteiger partial charge in [0.05, 0.1) is 0 Å². The lowest BCUT2D eigenvalue weighted by molar-refractivity contribution is -0.143. The van der Waals surface area contributed by atoms with Crippen molar-refractivity contribution in [3.05, 3.63) is 35.2 Å². The van der Waals surface area contributed by atoms with Crippen LogP contribution in [-0.4, -0.2) is 31.3 Å². The van der Waals surface area contributed by atoms with Crippen molar-refractivity contribution in [1.82, 2.24) is 20.2 Å². The van der Waals surface area contributed by atoms with Crippen molar-refractivity contribution in [2.75, 3.05) is 0 Å². The molecule has 0 aliphatic rings. The van der Waals surface area contributed by atoms with Gasteiger partial charge < -0.3 is 9.84 Å². The molecule has 0 fully saturated rings. The first-order valence-corrected chi connectivity index (χ1v) is 7.63. The minimum Gasteiger partial charge on any atom is -0.485 e. The number of aromatic nitrogens is 4. The van der Waals surface area contributed by atoms with Gasteiger partial charge in [-0.25, -0.2) is 9.48 Å². The highest BCUT2D eigenvalue weighted by atomic mass is 16.5. The predicted molar refractivity (Wildman–Crippen MR) is 84.2 cm³/mol. The van der Waals surface area contributed by atoms with E-state index in [0.717, 1.165) is 16.9 Å². The van der Waals surface area contributed by atoms with Crippen molar-refractivity contribution in [2.24, 2.45) is 5.92 Å². The zero-order valence-electron chi connectivity index (χ0n) is 13.9. The summed E-state index contributed by atoms with van der Waals surface area (Å²) < 4.78 is 7.14. The van der Waals surface area contributed by atoms with E-state index in [-0.39, 0.29) is 12.5 Å². The third-order valence-electron chi connectivity index (χ3n) is 3.96. The van der Waals surface area contributed by atoms with Gasteiger partial charge in [-0.1, -0.05) is 32.4 Å². The highest BCUT2D eigenvalue weighted by Gasteiger charge is 2.29. The maximum absolute atomic E-state index is 11.6. The number of carbonyl (C=O) groups is 1. The summed E-state index contributed by atoms with van der Waals surface area (Å²) in [5.74, 6) is 0.115. The Bertz CT molecular complexity index is 684. The van der Waals surface area contributed by atoms with Crippen LogP contribution in [0.5, 0.6) is 5.75 Å². The summed E-state index contributed by atoms with van der Waals surface area (Å²) in [6, 6.07) is 5.13. The second kappa shape index (κ2) is 7.21. The maximum atomic E-state index is 11.6. The summed E-state index contributed by atoms with van der Waals surface area (Å²) in [7, 11) is 0. The van der Waals surface area contributed by atoms with Crippen molar-refractivity contribution in [1.29, 1.82) is 0 Å². The summed E-state index contributed by atoms with van der Waals surface area (Å²) in [5.41, 5.74) is 2.10. The van der Waals surface area contributed by atoms with E-state index >= 15 is 0 Å². The van der Waals surface area contributed by atoms with Gasteiger partial charge in [0.25, 0.3) is 0 Å². The number of nitrogens with zero attached hydrogens (tertiary/aromatic N) is 4. The van der Waals surface area contributed by atoms with Crippen LogP contribution in [0, 0.1) is 19.8 Å². The zero-order chi connectivity index (χ0) is 17.0. The van der Waals surface area contributed by atoms with Gasteiger partial charge >= 0.3 is 5.97 Å². The van der Waals surface area contributed by atoms with Crippen molar-refractivity contribution >= 4 is 5.97 Å². The standard InChI is InChI=1S/C16H22N4O3/c1-5-11(3)15(16(21)22)20-14(17-18-19-20)9-23-13-8-10(2)6-7-12(13)4/h6-8,11,15H,5,9H2,1-4H3,(H,21,22). The van der Waals surface area contributed by atoms with E-state index in [1.54, 1.807) is 0 Å². The molecule has 2 unspecified atom stereocenters. The Morgan fingerprint density at radius 1 is 1.39 bits per heavy atom. The minimum absolute atomic E-state index is 0.0875. The fourth-order valence-corrected chi connectivity index (χ4v) is 2.34. The summed E-state index contributed by atoms with van der Waals surface area (Å²) in [6.07, 6.45) is 0.716. The largest absolute Gasteiger partial charge is 0.485 e. The summed E-state index contributed by atoms with van der Waals surface area (Å²) in [6.45, 7) is 7.88. The molecule has 0 aliphatic heterocycles. The van der Waals surface area contributed by atoms with E-state index in [4.69, 9.17) is 4.74 Å². The van der Waals surface area contributed by atoms with Crippen LogP contribution >= 0.6 is 0 Å². The number of benzene rings is 1. The number of ether oxygens (including phenoxy) is 1. The Morgan fingerprint density at radius 2 is 2.13 bits per heavy atom. The van der Waals surface area contributed by atoms with E-state index in [9.17, 15) is 9.90 Å². The molecule has 1 aromatic heterocycles. The van der Waals surface area contributed by atoms with Crippen LogP contribution in [0.3, 0.4) is 0 Å². The molecule has 7 nitrogen and oxygen atoms in total. The smallest absolute Gasteiger partial charge is 0.328 e. The Kier molecular flexibility index (Phi) is 5.31. The van der Waals surface area contributed by atoms with E-state index in [0.29, 0.717) is 12.2 Å². The Balaban J connectivity index is 2.20. The molecule has 0 aliphatic carbocycles. The summed E-state index contributed by atoms with van der Waals surface area (Å²) in [5, 5.41) is 20.9. The molecule has 0 amide bonds. The third-order valence-corrected chi connectivity index (χ3v) is 3.96. The number of aliphatic carboxylic acids is 1. The normalized spacial score (nSPS) is 13.6. The highest BCUT2D eigenvalue weighted by molar-refractivity contribution is 5.72. The van der Waals surface area contributed by atoms with Gasteiger partial charge in [0.15, 0.2) is 11.9 Å². The Hall–Kier alpha value is -2.44. The van der Waals surface area contributed by atoms with Gasteiger partial charge in [0, 0.05) is 0 Å². The molecule has 0 saturated carbocycles. The number of hydrogen-bond donors (Lipinski definition) is 1. The van der Waals surface area contributed by atoms with Gasteiger partial charge in [0.1, 0.15) is 12.4 Å². The average Bonchev–Trinajstić information content (AvgIpc) is 2.96. The molecule has 2 atom stereocenters. The minimum atomic E-state index is -0.945. The van der Waals surface area contributed by atoms with Crippen molar-refractivity contribution in [2.45, 2.75) is 46.8 Å². The third kappa shape index (κ3) is 3.85. The summed E-state index contributed by atoms with van der Waals surface area (Å²) >= 11 is 0. The van der Waals surface area contributed by atoms with Crippen LogP contribution in [0.25, 0.3) is 0 Å². The van der Waals surface area contributed by atoms with Crippen LogP contribution in [0.4, 0.5) is 0 Å². The van der Waals surface area contributed by atoms with Gasteiger partial charge in [-0.05, 0) is 47.4 Å². The monoisotopic (exact) mass is 318 g/mol. The topological polar surface area (TPSA) is 90.1 Å². The van der Waals surface area contributed by atoms with Crippen LogP contribution < -0.4 is 4.74 Å². The molecule has 1 heterocycles. The van der Waals surface area contributed by atoms with Gasteiger partial charge in [-0.3, -0.25) is 0 Å². The SMILES string of the molecule is CCC(C)C(C(=O)O)n1nnnc1COc1cc(C)ccc1C. The Morgan fingerprint density at radius 3 is 2.78 bits per heavy atom. The molecule has 2 aromatic rings. The van der Waals surface area contributed by atoms with Crippen molar-refractivity contribution < 1.29 is 14.6 Å². The molecule has 0 bridgehead atoms. The van der Waals surface area contributed by atoms with E-state index in [2.05, 4.69) is 15.5 Å². The number of aryl methyl sites for hydroxylation is 2. The molecule has 124 valence electrons. The van der Waals surface area contributed by atoms with Crippen LogP contribution in [0.2, 0.25) is 0 Å². The molecule has 1 aromatic carbocycles. The fourth-order valence-electron chi connectivity index (χ4n) is 2.34. The van der Waals surface area contributed by atoms with Gasteiger partial charge in [0.2, 0.25) is 0 Å². The second-order valence-electron chi connectivity index (χ2n) is 5.77. The molecule has 7 heteroatoms. The molecule has 2 rings (SSSR count). The molecule has 0 radical (unpaired) electrons. The highest BCUT2D eigenvalue weighted by Crippen LogP contribution is 2.23. The first-order valence-electron chi connectivity index (χ1n) is 7.63. The fraction of sp³-hybridized carbons (Fsp3) is 0.500. The van der Waals surface area contributed by atoms with E-state index < -0.39 is 12.0 Å². The van der Waals surface area contributed by atoms with Crippen molar-refractivity contribution in [3.63, 3.8) is 0 Å². The molecule has 1 N–H and O–H groups in total. The summed E-state index contributed by atoms with van der Waals surface area (Å²) in [4.78, 5) is 11.6. The number of carboxylic acids is 1. The van der Waals surface area contributed by atoms with Crippen LogP contribution in [0.1, 0.15) is 43.3 Å². The molecular formula is C16H22N4O3. The van der Waals surface area contributed by atoms with Crippen LogP contribution in [-0.2, 0) is 11.4 Å². The second-order valence-corrected chi connectivity index (χ2v) is 5.77. The number of tetrazole rings is 1. The molecule has 0 spiro atoms. The lowest BCUT2D eigenvalue weighted by Gasteiger charge is -2.19. The van der Waals surface area contributed by atoms with E-state index in [1.165, 1.54) is 4.68 Å². The van der Waals surface area contributed by atoms with E-state index in [1.807, 2.05) is 45.9 Å². The quantitative estimate of drug-likeness (QED) is 0.843. The number of rotatable bonds is 7. The van der Waals surface area contributed by atoms with Gasteiger partial charge in [-0.15, -0.1) is 5.10 Å². The lowest BCUT2D eigenvalue weighted by atomic mass is 9.99. The number of hydrogen-bond acceptors (Lipinski definition) is 5. The Labute approximate surface area is 135 Å². The maximum Gasteiger partial charge on any atom is 0.328 e. The first-order chi connectivity index (χ1) is 10.9. The zero-order valence-corrected chi connectivity index (χ0v) is 13.9. The number of carboxylic acid groups (broad SMARTS) is 1. The molecule has 23 heavy (non-hydrogen) atoms. The van der Waals surface area contributed by atoms with Gasteiger partial charge in [-0.2, -0.15) is 0 Å². The van der Waals surface area contributed by atoms with Crippen molar-refractivity contribution in [3.8, 4) is 5.75 Å². The molecule has 0 saturated heterocycles. The average molecular weight is 318 g/mol.